The van der Waals surface area contributed by atoms with Crippen molar-refractivity contribution in [1.82, 2.24) is 0 Å². The minimum absolute atomic E-state index is 0.176. The molecular weight excluding hydrogens is 408 g/mol. The second kappa shape index (κ2) is 10.1. The average molecular weight is 435 g/mol. The molecule has 0 fully saturated rings. The molecule has 8 nitrogen and oxygen atoms in total. The third-order valence-electron chi connectivity index (χ3n) is 4.32. The number of para-hydroxylation sites is 1. The van der Waals surface area contributed by atoms with Crippen LogP contribution in [0.25, 0.3) is 0 Å². The lowest BCUT2D eigenvalue weighted by atomic mass is 10.1. The highest BCUT2D eigenvalue weighted by molar-refractivity contribution is 7.92. The summed E-state index contributed by atoms with van der Waals surface area (Å²) in [5.74, 6) is -0.571. The molecule has 162 valence electrons. The zero-order valence-corrected chi connectivity index (χ0v) is 18.2. The Kier molecular flexibility index (Phi) is 7.82. The Morgan fingerprint density at radius 1 is 1.07 bits per heavy atom. The fourth-order valence-electron chi connectivity index (χ4n) is 3.01. The van der Waals surface area contributed by atoms with Gasteiger partial charge in [-0.05, 0) is 49.7 Å². The summed E-state index contributed by atoms with van der Waals surface area (Å²) in [7, 11) is -2.54. The number of rotatable bonds is 9. The average Bonchev–Trinajstić information content (AvgIpc) is 2.71. The van der Waals surface area contributed by atoms with Gasteiger partial charge in [0.25, 0.3) is 0 Å². The maximum absolute atomic E-state index is 13.0. The quantitative estimate of drug-likeness (QED) is 0.609. The number of amides is 1. The minimum atomic E-state index is -3.78. The number of esters is 1. The van der Waals surface area contributed by atoms with Gasteiger partial charge in [0, 0.05) is 0 Å². The first-order chi connectivity index (χ1) is 14.2. The molecule has 1 N–H and O–H groups in total. The second-order valence-electron chi connectivity index (χ2n) is 6.44. The molecular formula is C21H26N2O6S. The summed E-state index contributed by atoms with van der Waals surface area (Å²) in [6.07, 6.45) is 1.26. The fourth-order valence-corrected chi connectivity index (χ4v) is 4.22. The normalized spacial score (nSPS) is 12.0. The number of hydrogen-bond acceptors (Lipinski definition) is 6. The van der Waals surface area contributed by atoms with Crippen LogP contribution in [0, 0.1) is 0 Å². The molecule has 0 radical (unpaired) electrons. The molecule has 9 heteroatoms. The minimum Gasteiger partial charge on any atom is -0.494 e. The largest absolute Gasteiger partial charge is 0.494 e. The lowest BCUT2D eigenvalue weighted by molar-refractivity contribution is -0.117. The number of methoxy groups -OCH3 is 1. The zero-order valence-electron chi connectivity index (χ0n) is 17.4. The number of nitrogens with zero attached hydrogens (tertiary/aromatic N) is 1. The number of carbonyl (C=O) groups is 2. The summed E-state index contributed by atoms with van der Waals surface area (Å²) in [6, 6.07) is 11.8. The number of anilines is 2. The van der Waals surface area contributed by atoms with E-state index in [4.69, 9.17) is 9.47 Å². The molecule has 0 aliphatic carbocycles. The molecule has 30 heavy (non-hydrogen) atoms. The fraction of sp³-hybridized carbons (Fsp3) is 0.333. The molecule has 0 aliphatic heterocycles. The standard InChI is InChI=1S/C21H26N2O6S/c1-5-19(20(24)22-18-10-8-7-9-17(18)21(25)28-3)23(30(4,26)27)15-11-13-16(14-12-15)29-6-2/h7-14,19H,5-6H2,1-4H3,(H,22,24)/t19-/m1/s1. The first-order valence-corrected chi connectivity index (χ1v) is 11.3. The first-order valence-electron chi connectivity index (χ1n) is 9.43. The van der Waals surface area contributed by atoms with Gasteiger partial charge in [0.05, 0.1) is 36.9 Å². The van der Waals surface area contributed by atoms with E-state index in [-0.39, 0.29) is 17.7 Å². The van der Waals surface area contributed by atoms with Crippen molar-refractivity contribution in [2.75, 3.05) is 29.6 Å². The van der Waals surface area contributed by atoms with Gasteiger partial charge >= 0.3 is 5.97 Å². The second-order valence-corrected chi connectivity index (χ2v) is 8.30. The Morgan fingerprint density at radius 2 is 1.70 bits per heavy atom. The molecule has 0 heterocycles. The molecule has 2 rings (SSSR count). The van der Waals surface area contributed by atoms with Crippen LogP contribution in [0.1, 0.15) is 30.6 Å². The SMILES string of the molecule is CCOc1ccc(N([C@H](CC)C(=O)Nc2ccccc2C(=O)OC)S(C)(=O)=O)cc1. The van der Waals surface area contributed by atoms with Gasteiger partial charge in [-0.1, -0.05) is 19.1 Å². The molecule has 1 atom stereocenters. The van der Waals surface area contributed by atoms with Crippen molar-refractivity contribution in [2.45, 2.75) is 26.3 Å². The lowest BCUT2D eigenvalue weighted by Crippen LogP contribution is -2.47. The molecule has 0 bridgehead atoms. The van der Waals surface area contributed by atoms with Crippen LogP contribution in [0.15, 0.2) is 48.5 Å². The number of ether oxygens (including phenoxy) is 2. The Morgan fingerprint density at radius 3 is 2.23 bits per heavy atom. The predicted molar refractivity (Wildman–Crippen MR) is 115 cm³/mol. The molecule has 1 amide bonds. The van der Waals surface area contributed by atoms with Crippen molar-refractivity contribution in [3.63, 3.8) is 0 Å². The van der Waals surface area contributed by atoms with Gasteiger partial charge in [0.15, 0.2) is 0 Å². The van der Waals surface area contributed by atoms with E-state index in [1.165, 1.54) is 13.2 Å². The van der Waals surface area contributed by atoms with E-state index in [0.717, 1.165) is 10.6 Å². The Labute approximate surface area is 176 Å². The number of hydrogen-bond donors (Lipinski definition) is 1. The highest BCUT2D eigenvalue weighted by Gasteiger charge is 2.32. The summed E-state index contributed by atoms with van der Waals surface area (Å²) in [6.45, 7) is 4.04. The van der Waals surface area contributed by atoms with Crippen LogP contribution in [-0.4, -0.2) is 46.3 Å². The van der Waals surface area contributed by atoms with E-state index in [1.807, 2.05) is 6.92 Å². The molecule has 2 aromatic carbocycles. The summed E-state index contributed by atoms with van der Waals surface area (Å²) in [5, 5.41) is 2.66. The molecule has 0 aromatic heterocycles. The van der Waals surface area contributed by atoms with Crippen LogP contribution >= 0.6 is 0 Å². The third kappa shape index (κ3) is 5.50. The number of carbonyl (C=O) groups excluding carboxylic acids is 2. The summed E-state index contributed by atoms with van der Waals surface area (Å²) in [5.41, 5.74) is 0.757. The third-order valence-corrected chi connectivity index (χ3v) is 5.50. The maximum atomic E-state index is 13.0. The summed E-state index contributed by atoms with van der Waals surface area (Å²) >= 11 is 0. The summed E-state index contributed by atoms with van der Waals surface area (Å²) in [4.78, 5) is 25.0. The highest BCUT2D eigenvalue weighted by atomic mass is 32.2. The molecule has 2 aromatic rings. The van der Waals surface area contributed by atoms with Crippen molar-refractivity contribution in [1.29, 1.82) is 0 Å². The van der Waals surface area contributed by atoms with Gasteiger partial charge in [0.2, 0.25) is 15.9 Å². The Bertz CT molecular complexity index is 989. The van der Waals surface area contributed by atoms with Crippen LogP contribution in [-0.2, 0) is 19.6 Å². The molecule has 0 saturated heterocycles. The molecule has 0 aliphatic rings. The topological polar surface area (TPSA) is 102 Å². The van der Waals surface area contributed by atoms with Gasteiger partial charge in [-0.15, -0.1) is 0 Å². The van der Waals surface area contributed by atoms with Crippen LogP contribution in [0.5, 0.6) is 5.75 Å². The van der Waals surface area contributed by atoms with E-state index in [9.17, 15) is 18.0 Å². The van der Waals surface area contributed by atoms with E-state index >= 15 is 0 Å². The highest BCUT2D eigenvalue weighted by Crippen LogP contribution is 2.26. The monoisotopic (exact) mass is 434 g/mol. The van der Waals surface area contributed by atoms with E-state index in [0.29, 0.717) is 18.0 Å². The van der Waals surface area contributed by atoms with Gasteiger partial charge in [-0.3, -0.25) is 9.10 Å². The Balaban J connectivity index is 2.38. The van der Waals surface area contributed by atoms with Crippen LogP contribution in [0.4, 0.5) is 11.4 Å². The first kappa shape index (κ1) is 23.2. The van der Waals surface area contributed by atoms with E-state index in [2.05, 4.69) is 5.32 Å². The number of nitrogens with one attached hydrogen (secondary N) is 1. The molecule has 0 spiro atoms. The van der Waals surface area contributed by atoms with Crippen LogP contribution < -0.4 is 14.4 Å². The Hall–Kier alpha value is -3.07. The molecule has 0 unspecified atom stereocenters. The van der Waals surface area contributed by atoms with Gasteiger partial charge in [0.1, 0.15) is 11.8 Å². The predicted octanol–water partition coefficient (Wildman–Crippen LogP) is 3.06. The van der Waals surface area contributed by atoms with Crippen molar-refractivity contribution >= 4 is 33.3 Å². The van der Waals surface area contributed by atoms with Crippen molar-refractivity contribution < 1.29 is 27.5 Å². The smallest absolute Gasteiger partial charge is 0.339 e. The number of benzene rings is 2. The summed E-state index contributed by atoms with van der Waals surface area (Å²) < 4.78 is 36.3. The number of sulfonamides is 1. The van der Waals surface area contributed by atoms with Crippen LogP contribution in [0.2, 0.25) is 0 Å². The lowest BCUT2D eigenvalue weighted by Gasteiger charge is -2.30. The van der Waals surface area contributed by atoms with E-state index < -0.39 is 27.9 Å². The van der Waals surface area contributed by atoms with Gasteiger partial charge in [-0.2, -0.15) is 0 Å². The zero-order chi connectivity index (χ0) is 22.3. The van der Waals surface area contributed by atoms with Gasteiger partial charge in [-0.25, -0.2) is 13.2 Å². The van der Waals surface area contributed by atoms with Crippen molar-refractivity contribution in [3.05, 3.63) is 54.1 Å². The molecule has 0 saturated carbocycles. The van der Waals surface area contributed by atoms with Crippen LogP contribution in [0.3, 0.4) is 0 Å². The van der Waals surface area contributed by atoms with E-state index in [1.54, 1.807) is 49.4 Å². The maximum Gasteiger partial charge on any atom is 0.339 e. The van der Waals surface area contributed by atoms with Crippen molar-refractivity contribution in [2.24, 2.45) is 0 Å². The van der Waals surface area contributed by atoms with Crippen molar-refractivity contribution in [3.8, 4) is 5.75 Å². The van der Waals surface area contributed by atoms with Gasteiger partial charge < -0.3 is 14.8 Å².